The molecule has 0 saturated carbocycles. The fraction of sp³-hybridized carbons (Fsp3) is 0.467. The van der Waals surface area contributed by atoms with Gasteiger partial charge in [-0.1, -0.05) is 18.8 Å². The summed E-state index contributed by atoms with van der Waals surface area (Å²) in [7, 11) is 0. The molecule has 2 N–H and O–H groups in total. The molecule has 1 aliphatic rings. The lowest BCUT2D eigenvalue weighted by Gasteiger charge is -2.31. The third kappa shape index (κ3) is 3.75. The maximum absolute atomic E-state index is 12.4. The normalized spacial score (nSPS) is 18.3. The third-order valence-corrected chi connectivity index (χ3v) is 4.57. The van der Waals surface area contributed by atoms with Crippen molar-refractivity contribution in [3.8, 4) is 11.8 Å². The maximum atomic E-state index is 12.4. The number of thioether (sulfide) groups is 1. The lowest BCUT2D eigenvalue weighted by Crippen LogP contribution is -2.42. The summed E-state index contributed by atoms with van der Waals surface area (Å²) in [6.45, 7) is 4.10. The number of carbonyl (C=O) groups excluding carboxylic acids is 1. The van der Waals surface area contributed by atoms with Crippen molar-refractivity contribution in [3.05, 3.63) is 29.6 Å². The topological polar surface area (TPSA) is 59.2 Å². The predicted molar refractivity (Wildman–Crippen MR) is 82.6 cm³/mol. The van der Waals surface area contributed by atoms with Crippen LogP contribution in [0.2, 0.25) is 0 Å². The number of carbonyl (C=O) groups is 1. The lowest BCUT2D eigenvalue weighted by molar-refractivity contribution is 0.0755. The van der Waals surface area contributed by atoms with E-state index in [1.165, 1.54) is 0 Å². The van der Waals surface area contributed by atoms with Gasteiger partial charge in [0.25, 0.3) is 5.91 Å². The minimum absolute atomic E-state index is 0.0158. The van der Waals surface area contributed by atoms with Crippen LogP contribution in [-0.2, 0) is 0 Å². The second-order valence-electron chi connectivity index (χ2n) is 4.59. The Labute approximate surface area is 124 Å². The average Bonchev–Trinajstić information content (AvgIpc) is 2.52. The van der Waals surface area contributed by atoms with Crippen molar-refractivity contribution < 1.29 is 4.79 Å². The van der Waals surface area contributed by atoms with Crippen LogP contribution in [0.4, 0.5) is 0 Å². The van der Waals surface area contributed by atoms with Crippen LogP contribution in [0.3, 0.4) is 0 Å². The third-order valence-electron chi connectivity index (χ3n) is 3.20. The minimum atomic E-state index is 0.0158. The van der Waals surface area contributed by atoms with Gasteiger partial charge in [-0.15, -0.1) is 0 Å². The smallest absolute Gasteiger partial charge is 0.272 e. The van der Waals surface area contributed by atoms with Crippen molar-refractivity contribution in [2.24, 2.45) is 5.73 Å². The molecule has 1 aromatic heterocycles. The predicted octanol–water partition coefficient (Wildman–Crippen LogP) is 1.36. The molecule has 20 heavy (non-hydrogen) atoms. The lowest BCUT2D eigenvalue weighted by atomic mass is 10.2. The number of aromatic nitrogens is 1. The highest BCUT2D eigenvalue weighted by atomic mass is 32.2. The highest BCUT2D eigenvalue weighted by molar-refractivity contribution is 8.00. The minimum Gasteiger partial charge on any atom is -0.335 e. The van der Waals surface area contributed by atoms with Gasteiger partial charge < -0.3 is 10.6 Å². The van der Waals surface area contributed by atoms with Crippen LogP contribution < -0.4 is 5.73 Å². The summed E-state index contributed by atoms with van der Waals surface area (Å²) >= 11 is 1.95. The van der Waals surface area contributed by atoms with Crippen LogP contribution in [0.15, 0.2) is 18.3 Å². The highest BCUT2D eigenvalue weighted by Gasteiger charge is 2.24. The zero-order valence-corrected chi connectivity index (χ0v) is 12.4. The molecule has 0 bridgehead atoms. The van der Waals surface area contributed by atoms with Gasteiger partial charge in [0.15, 0.2) is 0 Å². The molecule has 2 rings (SSSR count). The molecule has 0 radical (unpaired) electrons. The van der Waals surface area contributed by atoms with Crippen molar-refractivity contribution in [3.63, 3.8) is 0 Å². The summed E-state index contributed by atoms with van der Waals surface area (Å²) in [5, 5.41) is 0.544. The first-order valence-electron chi connectivity index (χ1n) is 6.80. The number of pyridine rings is 1. The van der Waals surface area contributed by atoms with E-state index in [9.17, 15) is 4.79 Å². The van der Waals surface area contributed by atoms with E-state index in [2.05, 4.69) is 23.7 Å². The Balaban J connectivity index is 2.05. The Kier molecular flexibility index (Phi) is 5.45. The van der Waals surface area contributed by atoms with Gasteiger partial charge in [-0.05, 0) is 18.6 Å². The average molecular weight is 289 g/mol. The van der Waals surface area contributed by atoms with Gasteiger partial charge in [-0.25, -0.2) is 4.98 Å². The monoisotopic (exact) mass is 289 g/mol. The standard InChI is InChI=1S/C15H19N3OS/c1-2-13-11-18(8-9-20-13)15(19)14-6-5-12(10-17-14)4-3-7-16/h5-6,10,13H,2,7-9,11,16H2,1H3. The molecule has 1 atom stereocenters. The van der Waals surface area contributed by atoms with Crippen molar-refractivity contribution in [1.29, 1.82) is 0 Å². The van der Waals surface area contributed by atoms with E-state index in [0.717, 1.165) is 30.8 Å². The molecule has 0 aliphatic carbocycles. The van der Waals surface area contributed by atoms with E-state index in [4.69, 9.17) is 5.73 Å². The maximum Gasteiger partial charge on any atom is 0.272 e. The summed E-state index contributed by atoms with van der Waals surface area (Å²) in [4.78, 5) is 18.5. The Hall–Kier alpha value is -1.51. The van der Waals surface area contributed by atoms with Crippen LogP contribution in [-0.4, -0.2) is 46.4 Å². The molecule has 5 heteroatoms. The van der Waals surface area contributed by atoms with E-state index >= 15 is 0 Å². The van der Waals surface area contributed by atoms with E-state index in [1.54, 1.807) is 12.3 Å². The van der Waals surface area contributed by atoms with Crippen molar-refractivity contribution in [2.45, 2.75) is 18.6 Å². The van der Waals surface area contributed by atoms with Gasteiger partial charge in [0.05, 0.1) is 6.54 Å². The summed E-state index contributed by atoms with van der Waals surface area (Å²) in [6.07, 6.45) is 2.72. The molecule has 1 amide bonds. The number of hydrogen-bond acceptors (Lipinski definition) is 4. The van der Waals surface area contributed by atoms with Crippen LogP contribution >= 0.6 is 11.8 Å². The first-order chi connectivity index (χ1) is 9.74. The van der Waals surface area contributed by atoms with Crippen molar-refractivity contribution >= 4 is 17.7 Å². The fourth-order valence-electron chi connectivity index (χ4n) is 2.06. The molecule has 1 unspecified atom stereocenters. The second-order valence-corrected chi connectivity index (χ2v) is 6.00. The van der Waals surface area contributed by atoms with E-state index in [-0.39, 0.29) is 5.91 Å². The molecule has 1 saturated heterocycles. The fourth-order valence-corrected chi connectivity index (χ4v) is 3.24. The van der Waals surface area contributed by atoms with Crippen molar-refractivity contribution in [1.82, 2.24) is 9.88 Å². The Morgan fingerprint density at radius 1 is 1.60 bits per heavy atom. The first-order valence-corrected chi connectivity index (χ1v) is 7.85. The number of hydrogen-bond donors (Lipinski definition) is 1. The summed E-state index contributed by atoms with van der Waals surface area (Å²) in [5.74, 6) is 6.69. The molecule has 0 aromatic carbocycles. The number of rotatable bonds is 2. The number of nitrogens with two attached hydrogens (primary N) is 1. The molecule has 1 fully saturated rings. The van der Waals surface area contributed by atoms with Gasteiger partial charge in [0.2, 0.25) is 0 Å². The number of amides is 1. The van der Waals surface area contributed by atoms with Gasteiger partial charge >= 0.3 is 0 Å². The molecule has 1 aliphatic heterocycles. The zero-order valence-electron chi connectivity index (χ0n) is 11.6. The van der Waals surface area contributed by atoms with Crippen LogP contribution in [0, 0.1) is 11.8 Å². The Morgan fingerprint density at radius 2 is 2.45 bits per heavy atom. The van der Waals surface area contributed by atoms with E-state index in [1.807, 2.05) is 22.7 Å². The van der Waals surface area contributed by atoms with Crippen LogP contribution in [0.1, 0.15) is 29.4 Å². The summed E-state index contributed by atoms with van der Waals surface area (Å²) in [6, 6.07) is 3.56. The second kappa shape index (κ2) is 7.32. The van der Waals surface area contributed by atoms with Gasteiger partial charge in [-0.3, -0.25) is 4.79 Å². The van der Waals surface area contributed by atoms with Gasteiger partial charge in [0.1, 0.15) is 5.69 Å². The first kappa shape index (κ1) is 14.9. The molecule has 106 valence electrons. The molecular formula is C15H19N3OS. The van der Waals surface area contributed by atoms with Gasteiger partial charge in [-0.2, -0.15) is 11.8 Å². The van der Waals surface area contributed by atoms with Crippen LogP contribution in [0.25, 0.3) is 0 Å². The van der Waals surface area contributed by atoms with Crippen LogP contribution in [0.5, 0.6) is 0 Å². The molecule has 4 nitrogen and oxygen atoms in total. The molecule has 2 heterocycles. The molecule has 1 aromatic rings. The van der Waals surface area contributed by atoms with E-state index < -0.39 is 0 Å². The largest absolute Gasteiger partial charge is 0.335 e. The quantitative estimate of drug-likeness (QED) is 0.835. The van der Waals surface area contributed by atoms with Gasteiger partial charge in [0, 0.05) is 35.9 Å². The Morgan fingerprint density at radius 3 is 3.10 bits per heavy atom. The summed E-state index contributed by atoms with van der Waals surface area (Å²) in [5.41, 5.74) is 6.60. The molecular weight excluding hydrogens is 270 g/mol. The zero-order chi connectivity index (χ0) is 14.4. The highest BCUT2D eigenvalue weighted by Crippen LogP contribution is 2.22. The van der Waals surface area contributed by atoms with Crippen molar-refractivity contribution in [2.75, 3.05) is 25.4 Å². The summed E-state index contributed by atoms with van der Waals surface area (Å²) < 4.78 is 0. The molecule has 0 spiro atoms. The number of nitrogens with zero attached hydrogens (tertiary/aromatic N) is 2. The SMILES string of the molecule is CCC1CN(C(=O)c2ccc(C#CCN)cn2)CCS1. The Bertz CT molecular complexity index is 518. The van der Waals surface area contributed by atoms with E-state index in [0.29, 0.717) is 17.5 Å².